The number of para-hydroxylation sites is 1. The average Bonchev–Trinajstić information content (AvgIpc) is 2.22. The Kier molecular flexibility index (Phi) is 4.75. The molecule has 1 aromatic carbocycles. The van der Waals surface area contributed by atoms with E-state index in [0.717, 1.165) is 0 Å². The number of urea groups is 1. The van der Waals surface area contributed by atoms with Crippen LogP contribution < -0.4 is 10.6 Å². The van der Waals surface area contributed by atoms with Gasteiger partial charge in [-0.3, -0.25) is 0 Å². The first-order valence-electron chi connectivity index (χ1n) is 5.00. The first-order valence-corrected chi connectivity index (χ1v) is 6.59. The fourth-order valence-electron chi connectivity index (χ4n) is 1.10. The second-order valence-electron chi connectivity index (χ2n) is 4.11. The number of benzene rings is 1. The van der Waals surface area contributed by atoms with Crippen molar-refractivity contribution >= 4 is 49.5 Å². The van der Waals surface area contributed by atoms with E-state index < -0.39 is 17.5 Å². The second kappa shape index (κ2) is 5.71. The molecule has 7 heteroatoms. The number of carboxylic acid groups (broad SMARTS) is 1. The summed E-state index contributed by atoms with van der Waals surface area (Å²) in [4.78, 5) is 22.6. The van der Waals surface area contributed by atoms with Crippen molar-refractivity contribution in [2.45, 2.75) is 19.4 Å². The lowest BCUT2D eigenvalue weighted by Gasteiger charge is -2.21. The Bertz CT molecular complexity index is 469. The first-order chi connectivity index (χ1) is 8.24. The Morgan fingerprint density at radius 1 is 1.22 bits per heavy atom. The number of carbonyl (C=O) groups excluding carboxylic acids is 1. The van der Waals surface area contributed by atoms with E-state index in [0.29, 0.717) is 14.6 Å². The van der Waals surface area contributed by atoms with Gasteiger partial charge in [0.1, 0.15) is 5.54 Å². The van der Waals surface area contributed by atoms with Gasteiger partial charge in [-0.1, -0.05) is 6.07 Å². The lowest BCUT2D eigenvalue weighted by Crippen LogP contribution is -2.51. The molecular weight excluding hydrogens is 368 g/mol. The van der Waals surface area contributed by atoms with Crippen LogP contribution in [0, 0.1) is 0 Å². The lowest BCUT2D eigenvalue weighted by molar-refractivity contribution is -0.142. The van der Waals surface area contributed by atoms with Crippen LogP contribution in [-0.2, 0) is 4.79 Å². The van der Waals surface area contributed by atoms with E-state index in [9.17, 15) is 9.59 Å². The Hall–Kier alpha value is -1.08. The van der Waals surface area contributed by atoms with Gasteiger partial charge in [-0.05, 0) is 57.8 Å². The minimum Gasteiger partial charge on any atom is -0.480 e. The monoisotopic (exact) mass is 378 g/mol. The molecule has 0 fully saturated rings. The maximum absolute atomic E-state index is 11.7. The van der Waals surface area contributed by atoms with Gasteiger partial charge >= 0.3 is 12.0 Å². The summed E-state index contributed by atoms with van der Waals surface area (Å²) in [5.74, 6) is -1.11. The molecule has 0 saturated heterocycles. The van der Waals surface area contributed by atoms with E-state index >= 15 is 0 Å². The molecular formula is C11H12Br2N2O3. The van der Waals surface area contributed by atoms with Crippen molar-refractivity contribution in [1.82, 2.24) is 5.32 Å². The molecule has 0 heterocycles. The molecule has 0 bridgehead atoms. The maximum atomic E-state index is 11.7. The number of carbonyl (C=O) groups is 2. The fourth-order valence-corrected chi connectivity index (χ4v) is 2.30. The highest BCUT2D eigenvalue weighted by Gasteiger charge is 2.29. The smallest absolute Gasteiger partial charge is 0.328 e. The molecule has 0 atom stereocenters. The Morgan fingerprint density at radius 2 is 1.72 bits per heavy atom. The number of anilines is 1. The summed E-state index contributed by atoms with van der Waals surface area (Å²) in [6.45, 7) is 2.81. The molecule has 0 aliphatic carbocycles. The molecule has 0 aromatic heterocycles. The minimum atomic E-state index is -1.34. The molecule has 0 spiro atoms. The van der Waals surface area contributed by atoms with Gasteiger partial charge in [0.05, 0.1) is 5.69 Å². The molecule has 18 heavy (non-hydrogen) atoms. The molecule has 0 aliphatic rings. The molecule has 2 amide bonds. The molecule has 1 rings (SSSR count). The number of rotatable bonds is 3. The largest absolute Gasteiger partial charge is 0.480 e. The van der Waals surface area contributed by atoms with Crippen LogP contribution in [0.1, 0.15) is 13.8 Å². The van der Waals surface area contributed by atoms with Crippen LogP contribution in [0.5, 0.6) is 0 Å². The van der Waals surface area contributed by atoms with Crippen LogP contribution in [0.25, 0.3) is 0 Å². The van der Waals surface area contributed by atoms with E-state index in [1.807, 2.05) is 0 Å². The molecule has 0 radical (unpaired) electrons. The molecule has 5 nitrogen and oxygen atoms in total. The van der Waals surface area contributed by atoms with E-state index in [-0.39, 0.29) is 0 Å². The van der Waals surface area contributed by atoms with Crippen molar-refractivity contribution in [2.75, 3.05) is 5.32 Å². The summed E-state index contributed by atoms with van der Waals surface area (Å²) in [6, 6.07) is 4.75. The highest BCUT2D eigenvalue weighted by atomic mass is 79.9. The molecule has 0 aliphatic heterocycles. The van der Waals surface area contributed by atoms with Crippen LogP contribution in [0.3, 0.4) is 0 Å². The van der Waals surface area contributed by atoms with Gasteiger partial charge in [-0.2, -0.15) is 0 Å². The number of hydrogen-bond acceptors (Lipinski definition) is 2. The first kappa shape index (κ1) is 15.0. The summed E-state index contributed by atoms with van der Waals surface area (Å²) in [5, 5.41) is 13.9. The zero-order valence-corrected chi connectivity index (χ0v) is 12.9. The van der Waals surface area contributed by atoms with Crippen molar-refractivity contribution in [1.29, 1.82) is 0 Å². The SMILES string of the molecule is CC(C)(NC(=O)Nc1c(Br)cccc1Br)C(=O)O. The van der Waals surface area contributed by atoms with Crippen molar-refractivity contribution < 1.29 is 14.7 Å². The highest BCUT2D eigenvalue weighted by Crippen LogP contribution is 2.30. The second-order valence-corrected chi connectivity index (χ2v) is 5.81. The third-order valence-corrected chi connectivity index (χ3v) is 3.48. The Balaban J connectivity index is 2.80. The number of halogens is 2. The lowest BCUT2D eigenvalue weighted by atomic mass is 10.1. The van der Waals surface area contributed by atoms with Gasteiger partial charge in [-0.25, -0.2) is 9.59 Å². The summed E-state index contributed by atoms with van der Waals surface area (Å²) in [5.41, 5.74) is -0.797. The van der Waals surface area contributed by atoms with Crippen molar-refractivity contribution in [3.8, 4) is 0 Å². The van der Waals surface area contributed by atoms with Gasteiger partial charge in [0.15, 0.2) is 0 Å². The summed E-state index contributed by atoms with van der Waals surface area (Å²) in [6.07, 6.45) is 0. The summed E-state index contributed by atoms with van der Waals surface area (Å²) < 4.78 is 1.39. The summed E-state index contributed by atoms with van der Waals surface area (Å²) in [7, 11) is 0. The summed E-state index contributed by atoms with van der Waals surface area (Å²) >= 11 is 6.59. The number of hydrogen-bond donors (Lipinski definition) is 3. The zero-order chi connectivity index (χ0) is 13.9. The van der Waals surface area contributed by atoms with Crippen LogP contribution in [-0.4, -0.2) is 22.6 Å². The van der Waals surface area contributed by atoms with Crippen LogP contribution in [0.2, 0.25) is 0 Å². The number of aliphatic carboxylic acids is 1. The number of carboxylic acids is 1. The predicted octanol–water partition coefficient (Wildman–Crippen LogP) is 3.20. The van der Waals surface area contributed by atoms with E-state index in [1.54, 1.807) is 18.2 Å². The third-order valence-electron chi connectivity index (χ3n) is 2.16. The Morgan fingerprint density at radius 3 is 2.17 bits per heavy atom. The topological polar surface area (TPSA) is 78.4 Å². The number of amides is 2. The van der Waals surface area contributed by atoms with Crippen molar-refractivity contribution in [3.05, 3.63) is 27.1 Å². The normalized spacial score (nSPS) is 10.9. The average molecular weight is 380 g/mol. The van der Waals surface area contributed by atoms with Crippen LogP contribution in [0.15, 0.2) is 27.1 Å². The van der Waals surface area contributed by atoms with Crippen molar-refractivity contribution in [2.24, 2.45) is 0 Å². The molecule has 1 aromatic rings. The maximum Gasteiger partial charge on any atom is 0.328 e. The van der Waals surface area contributed by atoms with Gasteiger partial charge in [0, 0.05) is 8.95 Å². The van der Waals surface area contributed by atoms with E-state index in [4.69, 9.17) is 5.11 Å². The fraction of sp³-hybridized carbons (Fsp3) is 0.273. The molecule has 3 N–H and O–H groups in total. The van der Waals surface area contributed by atoms with Gasteiger partial charge in [-0.15, -0.1) is 0 Å². The zero-order valence-electron chi connectivity index (χ0n) is 9.75. The standard InChI is InChI=1S/C11H12Br2N2O3/c1-11(2,9(16)17)15-10(18)14-8-6(12)4-3-5-7(8)13/h3-5H,1-2H3,(H,16,17)(H2,14,15,18). The highest BCUT2D eigenvalue weighted by molar-refractivity contribution is 9.11. The molecule has 98 valence electrons. The molecule has 0 saturated carbocycles. The van der Waals surface area contributed by atoms with Gasteiger partial charge in [0.2, 0.25) is 0 Å². The van der Waals surface area contributed by atoms with Gasteiger partial charge < -0.3 is 15.7 Å². The molecule has 0 unspecified atom stereocenters. The van der Waals surface area contributed by atoms with Gasteiger partial charge in [0.25, 0.3) is 0 Å². The van der Waals surface area contributed by atoms with E-state index in [2.05, 4.69) is 42.5 Å². The predicted molar refractivity (Wildman–Crippen MR) is 75.7 cm³/mol. The quantitative estimate of drug-likeness (QED) is 0.754. The minimum absolute atomic E-state index is 0.538. The Labute approximate surface area is 121 Å². The van der Waals surface area contributed by atoms with Crippen molar-refractivity contribution in [3.63, 3.8) is 0 Å². The van der Waals surface area contributed by atoms with Crippen LogP contribution in [0.4, 0.5) is 10.5 Å². The number of nitrogens with one attached hydrogen (secondary N) is 2. The van der Waals surface area contributed by atoms with Crippen LogP contribution >= 0.6 is 31.9 Å². The van der Waals surface area contributed by atoms with E-state index in [1.165, 1.54) is 13.8 Å². The third kappa shape index (κ3) is 3.71.